The molecule has 0 saturated carbocycles. The Balaban J connectivity index is 2.18. The van der Waals surface area contributed by atoms with Crippen LogP contribution >= 0.6 is 23.2 Å². The first-order chi connectivity index (χ1) is 8.19. The van der Waals surface area contributed by atoms with Crippen LogP contribution in [0.2, 0.25) is 5.02 Å². The van der Waals surface area contributed by atoms with Crippen LogP contribution in [0.1, 0.15) is 0 Å². The third-order valence-corrected chi connectivity index (χ3v) is 2.56. The first-order valence-electron chi connectivity index (χ1n) is 4.86. The number of hydrogen-bond acceptors (Lipinski definition) is 2. The van der Waals surface area contributed by atoms with E-state index >= 15 is 0 Å². The average molecular weight is 270 g/mol. The van der Waals surface area contributed by atoms with Crippen molar-refractivity contribution in [3.05, 3.63) is 41.6 Å². The number of hydrogen-bond donors (Lipinski definition) is 1. The van der Waals surface area contributed by atoms with E-state index in [9.17, 15) is 4.79 Å². The number of carbonyl (C=O) groups excluding carboxylic acids is 1. The van der Waals surface area contributed by atoms with Gasteiger partial charge in [0.1, 0.15) is 5.88 Å². The summed E-state index contributed by atoms with van der Waals surface area (Å²) in [5.74, 6) is 0.0898. The lowest BCUT2D eigenvalue weighted by Gasteiger charge is -2.01. The molecule has 1 N–H and O–H groups in total. The van der Waals surface area contributed by atoms with Crippen LogP contribution in [0.3, 0.4) is 0 Å². The van der Waals surface area contributed by atoms with E-state index in [-0.39, 0.29) is 11.8 Å². The van der Waals surface area contributed by atoms with Gasteiger partial charge in [0.05, 0.1) is 5.69 Å². The molecule has 88 valence electrons. The van der Waals surface area contributed by atoms with Gasteiger partial charge in [-0.3, -0.25) is 4.79 Å². The van der Waals surface area contributed by atoms with Gasteiger partial charge in [-0.15, -0.1) is 11.6 Å². The number of anilines is 1. The molecule has 2 rings (SSSR count). The van der Waals surface area contributed by atoms with Crippen LogP contribution in [0.5, 0.6) is 0 Å². The van der Waals surface area contributed by atoms with Crippen LogP contribution in [0.25, 0.3) is 5.69 Å². The van der Waals surface area contributed by atoms with Gasteiger partial charge in [0.25, 0.3) is 0 Å². The highest BCUT2D eigenvalue weighted by Gasteiger charge is 2.04. The normalized spacial score (nSPS) is 10.2. The van der Waals surface area contributed by atoms with Crippen molar-refractivity contribution in [2.45, 2.75) is 0 Å². The van der Waals surface area contributed by atoms with Gasteiger partial charge in [0, 0.05) is 17.3 Å². The Morgan fingerprint density at radius 3 is 2.65 bits per heavy atom. The summed E-state index contributed by atoms with van der Waals surface area (Å²) in [5, 5.41) is 7.41. The van der Waals surface area contributed by atoms with E-state index in [0.717, 1.165) is 5.69 Å². The van der Waals surface area contributed by atoms with Gasteiger partial charge in [-0.25, -0.2) is 4.68 Å². The van der Waals surface area contributed by atoms with E-state index < -0.39 is 0 Å². The molecule has 0 atom stereocenters. The fourth-order valence-corrected chi connectivity index (χ4v) is 1.50. The highest BCUT2D eigenvalue weighted by molar-refractivity contribution is 6.30. The van der Waals surface area contributed by atoms with Crippen molar-refractivity contribution >= 4 is 34.9 Å². The van der Waals surface area contributed by atoms with Crippen LogP contribution in [-0.2, 0) is 4.79 Å². The second-order valence-corrected chi connectivity index (χ2v) is 4.01. The minimum Gasteiger partial charge on any atom is -0.308 e. The lowest BCUT2D eigenvalue weighted by Crippen LogP contribution is -2.13. The quantitative estimate of drug-likeness (QED) is 0.871. The summed E-state index contributed by atoms with van der Waals surface area (Å²) in [6.45, 7) is 0. The average Bonchev–Trinajstić information content (AvgIpc) is 2.78. The summed E-state index contributed by atoms with van der Waals surface area (Å²) in [7, 11) is 0. The molecule has 1 heterocycles. The Labute approximate surface area is 108 Å². The number of nitrogens with zero attached hydrogens (tertiary/aromatic N) is 2. The molecule has 4 nitrogen and oxygen atoms in total. The number of benzene rings is 1. The second kappa shape index (κ2) is 5.21. The van der Waals surface area contributed by atoms with E-state index in [1.54, 1.807) is 29.1 Å². The zero-order valence-electron chi connectivity index (χ0n) is 8.73. The first kappa shape index (κ1) is 12.0. The molecule has 0 radical (unpaired) electrons. The molecule has 0 fully saturated rings. The molecule has 0 aliphatic rings. The number of nitrogens with one attached hydrogen (secondary N) is 1. The molecule has 0 aliphatic heterocycles. The van der Waals surface area contributed by atoms with Crippen LogP contribution < -0.4 is 5.32 Å². The lowest BCUT2D eigenvalue weighted by molar-refractivity contribution is -0.113. The number of amides is 1. The van der Waals surface area contributed by atoms with Gasteiger partial charge in [0.15, 0.2) is 5.82 Å². The number of rotatable bonds is 3. The number of aromatic nitrogens is 2. The van der Waals surface area contributed by atoms with Gasteiger partial charge in [-0.2, -0.15) is 5.10 Å². The zero-order chi connectivity index (χ0) is 12.3. The molecule has 6 heteroatoms. The SMILES string of the molecule is O=C(CCl)Nc1ccn(-c2ccc(Cl)cc2)n1. The maximum Gasteiger partial charge on any atom is 0.240 e. The Kier molecular flexibility index (Phi) is 3.66. The van der Waals surface area contributed by atoms with E-state index in [1.165, 1.54) is 0 Å². The smallest absolute Gasteiger partial charge is 0.240 e. The van der Waals surface area contributed by atoms with Crippen LogP contribution in [-0.4, -0.2) is 21.6 Å². The third kappa shape index (κ3) is 2.99. The van der Waals surface area contributed by atoms with E-state index in [0.29, 0.717) is 10.8 Å². The fourth-order valence-electron chi connectivity index (χ4n) is 1.30. The van der Waals surface area contributed by atoms with E-state index in [4.69, 9.17) is 23.2 Å². The standard InChI is InChI=1S/C11H9Cl2N3O/c12-7-11(17)14-10-5-6-16(15-10)9-3-1-8(13)2-4-9/h1-6H,7H2,(H,14,15,17). The highest BCUT2D eigenvalue weighted by atomic mass is 35.5. The molecule has 0 spiro atoms. The van der Waals surface area contributed by atoms with Crippen molar-refractivity contribution in [1.82, 2.24) is 9.78 Å². The summed E-state index contributed by atoms with van der Waals surface area (Å²) in [6, 6.07) is 8.91. The van der Waals surface area contributed by atoms with E-state index in [1.807, 2.05) is 12.1 Å². The molecule has 0 saturated heterocycles. The predicted octanol–water partition coefficient (Wildman–Crippen LogP) is 2.70. The van der Waals surface area contributed by atoms with Gasteiger partial charge < -0.3 is 5.32 Å². The highest BCUT2D eigenvalue weighted by Crippen LogP contribution is 2.14. The fraction of sp³-hybridized carbons (Fsp3) is 0.0909. The topological polar surface area (TPSA) is 46.9 Å². The zero-order valence-corrected chi connectivity index (χ0v) is 10.2. The van der Waals surface area contributed by atoms with E-state index in [2.05, 4.69) is 10.4 Å². The van der Waals surface area contributed by atoms with Gasteiger partial charge >= 0.3 is 0 Å². The van der Waals surface area contributed by atoms with Gasteiger partial charge in [-0.05, 0) is 24.3 Å². The molecule has 0 unspecified atom stereocenters. The van der Waals surface area contributed by atoms with Crippen molar-refractivity contribution in [2.24, 2.45) is 0 Å². The molecule has 0 bridgehead atoms. The predicted molar refractivity (Wildman–Crippen MR) is 67.9 cm³/mol. The number of carbonyl (C=O) groups is 1. The molecule has 1 aromatic heterocycles. The monoisotopic (exact) mass is 269 g/mol. The van der Waals surface area contributed by atoms with Crippen molar-refractivity contribution in [3.8, 4) is 5.69 Å². The van der Waals surface area contributed by atoms with Gasteiger partial charge in [-0.1, -0.05) is 11.6 Å². The summed E-state index contributed by atoms with van der Waals surface area (Å²) >= 11 is 11.2. The molecule has 1 amide bonds. The Morgan fingerprint density at radius 2 is 2.00 bits per heavy atom. The Hall–Kier alpha value is -1.52. The Morgan fingerprint density at radius 1 is 1.29 bits per heavy atom. The number of alkyl halides is 1. The second-order valence-electron chi connectivity index (χ2n) is 3.30. The molecule has 17 heavy (non-hydrogen) atoms. The molecule has 2 aromatic rings. The van der Waals surface area contributed by atoms with Crippen LogP contribution in [0, 0.1) is 0 Å². The first-order valence-corrected chi connectivity index (χ1v) is 5.78. The lowest BCUT2D eigenvalue weighted by atomic mass is 10.3. The van der Waals surface area contributed by atoms with Crippen LogP contribution in [0.15, 0.2) is 36.5 Å². The maximum atomic E-state index is 11.1. The van der Waals surface area contributed by atoms with Gasteiger partial charge in [0.2, 0.25) is 5.91 Å². The Bertz CT molecular complexity index is 522. The molecular weight excluding hydrogens is 261 g/mol. The molecule has 1 aromatic carbocycles. The minimum absolute atomic E-state index is 0.0895. The minimum atomic E-state index is -0.284. The summed E-state index contributed by atoms with van der Waals surface area (Å²) in [4.78, 5) is 11.1. The van der Waals surface area contributed by atoms with Crippen molar-refractivity contribution in [1.29, 1.82) is 0 Å². The maximum absolute atomic E-state index is 11.1. The largest absolute Gasteiger partial charge is 0.308 e. The summed E-state index contributed by atoms with van der Waals surface area (Å²) < 4.78 is 1.64. The van der Waals surface area contributed by atoms with Crippen molar-refractivity contribution < 1.29 is 4.79 Å². The van der Waals surface area contributed by atoms with Crippen molar-refractivity contribution in [2.75, 3.05) is 11.2 Å². The molecular formula is C11H9Cl2N3O. The third-order valence-electron chi connectivity index (χ3n) is 2.07. The van der Waals surface area contributed by atoms with Crippen LogP contribution in [0.4, 0.5) is 5.82 Å². The summed E-state index contributed by atoms with van der Waals surface area (Å²) in [6.07, 6.45) is 1.74. The summed E-state index contributed by atoms with van der Waals surface area (Å²) in [5.41, 5.74) is 0.862. The molecule has 0 aliphatic carbocycles. The van der Waals surface area contributed by atoms with Crippen molar-refractivity contribution in [3.63, 3.8) is 0 Å². The number of halogens is 2.